The molecule has 2 N–H and O–H groups in total. The molecular weight excluding hydrogens is 320 g/mol. The van der Waals surface area contributed by atoms with Crippen LogP contribution in [-0.2, 0) is 7.05 Å². The first-order valence-electron chi connectivity index (χ1n) is 7.91. The van der Waals surface area contributed by atoms with Gasteiger partial charge in [0.25, 0.3) is 0 Å². The highest BCUT2D eigenvalue weighted by Crippen LogP contribution is 2.35. The zero-order valence-electron chi connectivity index (χ0n) is 14.4. The van der Waals surface area contributed by atoms with Crippen molar-refractivity contribution in [1.29, 1.82) is 0 Å². The average molecular weight is 340 g/mol. The van der Waals surface area contributed by atoms with Crippen LogP contribution >= 0.6 is 0 Å². The number of aryl methyl sites for hydroxylation is 1. The molecule has 1 aromatic heterocycles. The summed E-state index contributed by atoms with van der Waals surface area (Å²) in [4.78, 5) is 0. The maximum Gasteiger partial charge on any atom is 0.161 e. The average Bonchev–Trinajstić information content (AvgIpc) is 2.99. The van der Waals surface area contributed by atoms with Crippen molar-refractivity contribution in [3.05, 3.63) is 42.5 Å². The third-order valence-corrected chi connectivity index (χ3v) is 3.91. The van der Waals surface area contributed by atoms with Gasteiger partial charge in [-0.15, -0.1) is 0 Å². The van der Waals surface area contributed by atoms with Crippen molar-refractivity contribution in [1.82, 2.24) is 9.78 Å². The SMILES string of the molecule is CCOc1cc(-c2cc(-c3ccc(OC)c(O)c3)nn2C)ccc1O. The fourth-order valence-corrected chi connectivity index (χ4v) is 2.67. The van der Waals surface area contributed by atoms with Crippen LogP contribution in [0.2, 0.25) is 0 Å². The van der Waals surface area contributed by atoms with Crippen molar-refractivity contribution in [3.63, 3.8) is 0 Å². The van der Waals surface area contributed by atoms with Gasteiger partial charge in [0.05, 0.1) is 25.1 Å². The largest absolute Gasteiger partial charge is 0.504 e. The Bertz CT molecular complexity index is 902. The van der Waals surface area contributed by atoms with E-state index in [1.807, 2.05) is 32.2 Å². The lowest BCUT2D eigenvalue weighted by atomic mass is 10.1. The fourth-order valence-electron chi connectivity index (χ4n) is 2.67. The molecule has 0 unspecified atom stereocenters. The van der Waals surface area contributed by atoms with Gasteiger partial charge in [-0.2, -0.15) is 5.10 Å². The summed E-state index contributed by atoms with van der Waals surface area (Å²) in [5, 5.41) is 24.3. The van der Waals surface area contributed by atoms with Gasteiger partial charge in [0.15, 0.2) is 23.0 Å². The summed E-state index contributed by atoms with van der Waals surface area (Å²) < 4.78 is 12.3. The summed E-state index contributed by atoms with van der Waals surface area (Å²) in [6.07, 6.45) is 0. The number of phenols is 2. The van der Waals surface area contributed by atoms with Crippen molar-refractivity contribution in [2.45, 2.75) is 6.92 Å². The zero-order chi connectivity index (χ0) is 18.0. The number of aromatic nitrogens is 2. The number of ether oxygens (including phenoxy) is 2. The molecule has 6 heteroatoms. The molecule has 0 saturated carbocycles. The van der Waals surface area contributed by atoms with Gasteiger partial charge in [0.1, 0.15) is 0 Å². The number of phenolic OH excluding ortho intramolecular Hbond substituents is 2. The molecular formula is C19H20N2O4. The fraction of sp³-hybridized carbons (Fsp3) is 0.211. The van der Waals surface area contributed by atoms with Crippen LogP contribution in [0.3, 0.4) is 0 Å². The van der Waals surface area contributed by atoms with Crippen LogP contribution in [0.1, 0.15) is 6.92 Å². The van der Waals surface area contributed by atoms with E-state index in [0.717, 1.165) is 22.5 Å². The monoisotopic (exact) mass is 340 g/mol. The lowest BCUT2D eigenvalue weighted by Crippen LogP contribution is -1.96. The Morgan fingerprint density at radius 1 is 0.960 bits per heavy atom. The molecule has 6 nitrogen and oxygen atoms in total. The Morgan fingerprint density at radius 2 is 1.72 bits per heavy atom. The second kappa shape index (κ2) is 6.76. The highest BCUT2D eigenvalue weighted by atomic mass is 16.5. The number of hydrogen-bond donors (Lipinski definition) is 2. The Morgan fingerprint density at radius 3 is 2.40 bits per heavy atom. The van der Waals surface area contributed by atoms with Gasteiger partial charge < -0.3 is 19.7 Å². The zero-order valence-corrected chi connectivity index (χ0v) is 14.4. The number of aromatic hydroxyl groups is 2. The summed E-state index contributed by atoms with van der Waals surface area (Å²) in [7, 11) is 3.35. The van der Waals surface area contributed by atoms with E-state index in [-0.39, 0.29) is 11.5 Å². The second-order valence-electron chi connectivity index (χ2n) is 5.54. The predicted octanol–water partition coefficient (Wildman–Crippen LogP) is 3.57. The van der Waals surface area contributed by atoms with E-state index in [1.165, 1.54) is 7.11 Å². The van der Waals surface area contributed by atoms with E-state index in [0.29, 0.717) is 18.1 Å². The molecule has 0 saturated heterocycles. The number of hydrogen-bond acceptors (Lipinski definition) is 5. The van der Waals surface area contributed by atoms with E-state index in [9.17, 15) is 10.2 Å². The molecule has 0 fully saturated rings. The van der Waals surface area contributed by atoms with E-state index < -0.39 is 0 Å². The van der Waals surface area contributed by atoms with E-state index in [1.54, 1.807) is 28.9 Å². The predicted molar refractivity (Wildman–Crippen MR) is 95.1 cm³/mol. The van der Waals surface area contributed by atoms with Crippen molar-refractivity contribution >= 4 is 0 Å². The molecule has 130 valence electrons. The first-order valence-corrected chi connectivity index (χ1v) is 7.91. The molecule has 0 atom stereocenters. The standard InChI is InChI=1S/C19H20N2O4/c1-4-25-19-10-13(5-7-16(19)22)15-11-14(20-21(15)2)12-6-8-18(24-3)17(23)9-12/h5-11,22-23H,4H2,1-3H3. The number of rotatable bonds is 5. The first-order chi connectivity index (χ1) is 12.0. The highest BCUT2D eigenvalue weighted by molar-refractivity contribution is 5.71. The topological polar surface area (TPSA) is 76.7 Å². The van der Waals surface area contributed by atoms with Gasteiger partial charge in [0, 0.05) is 18.2 Å². The summed E-state index contributed by atoms with van der Waals surface area (Å²) >= 11 is 0. The molecule has 0 radical (unpaired) electrons. The molecule has 0 amide bonds. The minimum Gasteiger partial charge on any atom is -0.504 e. The third-order valence-electron chi connectivity index (χ3n) is 3.91. The molecule has 2 aromatic carbocycles. The molecule has 0 bridgehead atoms. The summed E-state index contributed by atoms with van der Waals surface area (Å²) in [6.45, 7) is 2.34. The Balaban J connectivity index is 2.01. The third kappa shape index (κ3) is 3.24. The van der Waals surface area contributed by atoms with Crippen LogP contribution in [0.25, 0.3) is 22.5 Å². The molecule has 1 heterocycles. The van der Waals surface area contributed by atoms with Crippen LogP contribution in [0.15, 0.2) is 42.5 Å². The minimum absolute atomic E-state index is 0.0652. The van der Waals surface area contributed by atoms with Crippen molar-refractivity contribution < 1.29 is 19.7 Å². The van der Waals surface area contributed by atoms with E-state index >= 15 is 0 Å². The van der Waals surface area contributed by atoms with Gasteiger partial charge in [0.2, 0.25) is 0 Å². The number of benzene rings is 2. The lowest BCUT2D eigenvalue weighted by Gasteiger charge is -2.08. The van der Waals surface area contributed by atoms with Gasteiger partial charge in [-0.05, 0) is 49.4 Å². The van der Waals surface area contributed by atoms with Crippen molar-refractivity contribution in [2.24, 2.45) is 7.05 Å². The first kappa shape index (κ1) is 16.7. The lowest BCUT2D eigenvalue weighted by molar-refractivity contribution is 0.318. The van der Waals surface area contributed by atoms with Gasteiger partial charge in [-0.3, -0.25) is 4.68 Å². The van der Waals surface area contributed by atoms with E-state index in [4.69, 9.17) is 9.47 Å². The quantitative estimate of drug-likeness (QED) is 0.742. The van der Waals surface area contributed by atoms with Crippen molar-refractivity contribution in [2.75, 3.05) is 13.7 Å². The maximum atomic E-state index is 9.97. The molecule has 25 heavy (non-hydrogen) atoms. The van der Waals surface area contributed by atoms with Crippen molar-refractivity contribution in [3.8, 4) is 45.5 Å². The Kier molecular flexibility index (Phi) is 4.52. The Labute approximate surface area is 145 Å². The summed E-state index contributed by atoms with van der Waals surface area (Å²) in [5.74, 6) is 1.02. The second-order valence-corrected chi connectivity index (χ2v) is 5.54. The molecule has 0 aliphatic carbocycles. The molecule has 0 aliphatic rings. The molecule has 3 rings (SSSR count). The molecule has 0 spiro atoms. The number of nitrogens with zero attached hydrogens (tertiary/aromatic N) is 2. The van der Waals surface area contributed by atoms with Crippen LogP contribution in [0, 0.1) is 0 Å². The highest BCUT2D eigenvalue weighted by Gasteiger charge is 2.13. The molecule has 3 aromatic rings. The van der Waals surface area contributed by atoms with Gasteiger partial charge in [-0.25, -0.2) is 0 Å². The van der Waals surface area contributed by atoms with Crippen LogP contribution in [0.4, 0.5) is 0 Å². The van der Waals surface area contributed by atoms with Crippen LogP contribution in [0.5, 0.6) is 23.0 Å². The number of methoxy groups -OCH3 is 1. The summed E-state index contributed by atoms with van der Waals surface area (Å²) in [6, 6.07) is 12.3. The van der Waals surface area contributed by atoms with E-state index in [2.05, 4.69) is 5.10 Å². The summed E-state index contributed by atoms with van der Waals surface area (Å²) in [5.41, 5.74) is 3.25. The van der Waals surface area contributed by atoms with Gasteiger partial charge >= 0.3 is 0 Å². The van der Waals surface area contributed by atoms with Crippen LogP contribution < -0.4 is 9.47 Å². The van der Waals surface area contributed by atoms with Gasteiger partial charge in [-0.1, -0.05) is 0 Å². The maximum absolute atomic E-state index is 9.97. The van der Waals surface area contributed by atoms with Crippen LogP contribution in [-0.4, -0.2) is 33.7 Å². The normalized spacial score (nSPS) is 10.7. The minimum atomic E-state index is 0.0652. The molecule has 0 aliphatic heterocycles. The Hall–Kier alpha value is -3.15. The smallest absolute Gasteiger partial charge is 0.161 e.